The van der Waals surface area contributed by atoms with Crippen molar-refractivity contribution < 1.29 is 19.2 Å². The molecule has 0 bridgehead atoms. The van der Waals surface area contributed by atoms with Crippen LogP contribution in [0, 0.1) is 17.0 Å². The highest BCUT2D eigenvalue weighted by atomic mass is 16.6. The molecule has 1 N–H and O–H groups in total. The van der Waals surface area contributed by atoms with E-state index in [1.807, 2.05) is 60.7 Å². The van der Waals surface area contributed by atoms with Gasteiger partial charge in [0.05, 0.1) is 17.0 Å². The molecule has 3 aromatic rings. The van der Waals surface area contributed by atoms with Gasteiger partial charge in [0, 0.05) is 12.5 Å². The van der Waals surface area contributed by atoms with E-state index in [9.17, 15) is 19.7 Å². The van der Waals surface area contributed by atoms with Crippen LogP contribution in [0.1, 0.15) is 29.5 Å². The van der Waals surface area contributed by atoms with Gasteiger partial charge in [-0.2, -0.15) is 0 Å². The SMILES string of the molecule is Cc1ccc(N2C[C@@](NC(=O)OCc3ccccc3)(c3ccccc3)CCC2=O)c([N+](=O)[O-])c1. The molecule has 1 saturated heterocycles. The lowest BCUT2D eigenvalue weighted by Crippen LogP contribution is -2.58. The van der Waals surface area contributed by atoms with Gasteiger partial charge in [-0.1, -0.05) is 66.7 Å². The lowest BCUT2D eigenvalue weighted by atomic mass is 9.81. The Labute approximate surface area is 197 Å². The Morgan fingerprint density at radius 3 is 2.44 bits per heavy atom. The predicted octanol–water partition coefficient (Wildman–Crippen LogP) is 4.85. The molecule has 0 spiro atoms. The molecular formula is C26H25N3O5. The van der Waals surface area contributed by atoms with Gasteiger partial charge in [0.1, 0.15) is 12.3 Å². The summed E-state index contributed by atoms with van der Waals surface area (Å²) in [5, 5.41) is 14.7. The summed E-state index contributed by atoms with van der Waals surface area (Å²) in [7, 11) is 0. The highest BCUT2D eigenvalue weighted by molar-refractivity contribution is 5.97. The molecule has 4 rings (SSSR count). The van der Waals surface area contributed by atoms with Gasteiger partial charge in [-0.25, -0.2) is 4.79 Å². The summed E-state index contributed by atoms with van der Waals surface area (Å²) in [6.07, 6.45) is -0.175. The molecule has 1 fully saturated rings. The number of ether oxygens (including phenoxy) is 1. The zero-order valence-electron chi connectivity index (χ0n) is 18.8. The van der Waals surface area contributed by atoms with Crippen molar-refractivity contribution in [3.63, 3.8) is 0 Å². The number of benzene rings is 3. The number of hydrogen-bond donors (Lipinski definition) is 1. The highest BCUT2D eigenvalue weighted by Crippen LogP contribution is 2.38. The van der Waals surface area contributed by atoms with E-state index < -0.39 is 16.6 Å². The number of carbonyl (C=O) groups is 2. The maximum Gasteiger partial charge on any atom is 0.408 e. The van der Waals surface area contributed by atoms with Crippen LogP contribution in [0.25, 0.3) is 0 Å². The molecule has 1 atom stereocenters. The second kappa shape index (κ2) is 9.74. The molecule has 8 heteroatoms. The van der Waals surface area contributed by atoms with E-state index >= 15 is 0 Å². The Morgan fingerprint density at radius 1 is 1.09 bits per heavy atom. The van der Waals surface area contributed by atoms with Crippen LogP contribution < -0.4 is 10.2 Å². The van der Waals surface area contributed by atoms with Gasteiger partial charge in [-0.3, -0.25) is 14.9 Å². The van der Waals surface area contributed by atoms with E-state index in [1.54, 1.807) is 19.1 Å². The first-order valence-corrected chi connectivity index (χ1v) is 11.0. The number of nitro groups is 1. The third-order valence-corrected chi connectivity index (χ3v) is 5.99. The van der Waals surface area contributed by atoms with Crippen molar-refractivity contribution >= 4 is 23.4 Å². The first-order valence-electron chi connectivity index (χ1n) is 11.0. The zero-order chi connectivity index (χ0) is 24.1. The fourth-order valence-electron chi connectivity index (χ4n) is 4.24. The summed E-state index contributed by atoms with van der Waals surface area (Å²) < 4.78 is 5.46. The molecule has 1 aliphatic heterocycles. The number of nitrogens with zero attached hydrogens (tertiary/aromatic N) is 2. The number of anilines is 1. The molecule has 1 heterocycles. The van der Waals surface area contributed by atoms with Gasteiger partial charge in [-0.05, 0) is 36.1 Å². The maximum atomic E-state index is 12.9. The summed E-state index contributed by atoms with van der Waals surface area (Å²) in [6, 6.07) is 23.4. The van der Waals surface area contributed by atoms with Crippen molar-refractivity contribution in [1.82, 2.24) is 5.32 Å². The van der Waals surface area contributed by atoms with Crippen molar-refractivity contribution in [2.75, 3.05) is 11.4 Å². The summed E-state index contributed by atoms with van der Waals surface area (Å²) >= 11 is 0. The number of rotatable bonds is 6. The lowest BCUT2D eigenvalue weighted by molar-refractivity contribution is -0.384. The van der Waals surface area contributed by atoms with Crippen LogP contribution in [-0.2, 0) is 21.7 Å². The van der Waals surface area contributed by atoms with E-state index in [-0.39, 0.29) is 36.9 Å². The van der Waals surface area contributed by atoms with Crippen LogP contribution in [0.5, 0.6) is 0 Å². The van der Waals surface area contributed by atoms with Crippen LogP contribution in [0.4, 0.5) is 16.2 Å². The van der Waals surface area contributed by atoms with Crippen LogP contribution in [0.2, 0.25) is 0 Å². The number of alkyl carbamates (subject to hydrolysis) is 1. The van der Waals surface area contributed by atoms with Crippen LogP contribution in [-0.4, -0.2) is 23.5 Å². The molecule has 1 aliphatic rings. The van der Waals surface area contributed by atoms with Crippen molar-refractivity contribution in [3.8, 4) is 0 Å². The number of hydrogen-bond acceptors (Lipinski definition) is 5. The molecule has 34 heavy (non-hydrogen) atoms. The number of nitrogens with one attached hydrogen (secondary N) is 1. The first kappa shape index (κ1) is 23.0. The van der Waals surface area contributed by atoms with Gasteiger partial charge in [-0.15, -0.1) is 0 Å². The van der Waals surface area contributed by atoms with Gasteiger partial charge < -0.3 is 15.0 Å². The normalized spacial score (nSPS) is 17.8. The fourth-order valence-corrected chi connectivity index (χ4v) is 4.24. The van der Waals surface area contributed by atoms with Crippen molar-refractivity contribution in [3.05, 3.63) is 106 Å². The summed E-state index contributed by atoms with van der Waals surface area (Å²) in [6.45, 7) is 1.90. The first-order chi connectivity index (χ1) is 16.4. The number of aryl methyl sites for hydroxylation is 1. The Bertz CT molecular complexity index is 1200. The minimum absolute atomic E-state index is 0.0418. The van der Waals surface area contributed by atoms with E-state index in [1.165, 1.54) is 11.0 Å². The Hall–Kier alpha value is -4.20. The highest BCUT2D eigenvalue weighted by Gasteiger charge is 2.43. The lowest BCUT2D eigenvalue weighted by Gasteiger charge is -2.43. The molecule has 0 unspecified atom stereocenters. The number of amides is 2. The van der Waals surface area contributed by atoms with E-state index in [0.29, 0.717) is 6.42 Å². The number of piperidine rings is 1. The number of carbonyl (C=O) groups excluding carboxylic acids is 2. The van der Waals surface area contributed by atoms with Crippen LogP contribution >= 0.6 is 0 Å². The number of nitro benzene ring substituents is 1. The molecular weight excluding hydrogens is 434 g/mol. The van der Waals surface area contributed by atoms with Crippen molar-refractivity contribution in [1.29, 1.82) is 0 Å². The molecule has 3 aromatic carbocycles. The van der Waals surface area contributed by atoms with Gasteiger partial charge >= 0.3 is 6.09 Å². The minimum atomic E-state index is -0.971. The molecule has 0 radical (unpaired) electrons. The van der Waals surface area contributed by atoms with Gasteiger partial charge in [0.15, 0.2) is 0 Å². The van der Waals surface area contributed by atoms with Gasteiger partial charge in [0.2, 0.25) is 5.91 Å². The van der Waals surface area contributed by atoms with Crippen molar-refractivity contribution in [2.45, 2.75) is 31.9 Å². The second-order valence-corrected chi connectivity index (χ2v) is 8.36. The summed E-state index contributed by atoms with van der Waals surface area (Å²) in [4.78, 5) is 38.4. The monoisotopic (exact) mass is 459 g/mol. The maximum absolute atomic E-state index is 12.9. The molecule has 0 aliphatic carbocycles. The largest absolute Gasteiger partial charge is 0.445 e. The smallest absolute Gasteiger partial charge is 0.408 e. The third-order valence-electron chi connectivity index (χ3n) is 5.99. The van der Waals surface area contributed by atoms with E-state index in [2.05, 4.69) is 5.32 Å². The molecule has 0 aromatic heterocycles. The minimum Gasteiger partial charge on any atom is -0.445 e. The average molecular weight is 460 g/mol. The third kappa shape index (κ3) is 4.91. The average Bonchev–Trinajstić information content (AvgIpc) is 2.85. The zero-order valence-corrected chi connectivity index (χ0v) is 18.8. The standard InChI is InChI=1S/C26H25N3O5/c1-19-12-13-22(23(16-19)29(32)33)28-18-26(15-14-24(28)30,21-10-6-3-7-11-21)27-25(31)34-17-20-8-4-2-5-9-20/h2-13,16H,14-15,17-18H2,1H3,(H,27,31)/t26-/m1/s1. The predicted molar refractivity (Wildman–Crippen MR) is 127 cm³/mol. The topological polar surface area (TPSA) is 102 Å². The molecule has 8 nitrogen and oxygen atoms in total. The van der Waals surface area contributed by atoms with E-state index in [0.717, 1.165) is 16.7 Å². The van der Waals surface area contributed by atoms with Crippen LogP contribution in [0.3, 0.4) is 0 Å². The molecule has 0 saturated carbocycles. The van der Waals surface area contributed by atoms with Gasteiger partial charge in [0.25, 0.3) is 5.69 Å². The molecule has 174 valence electrons. The Balaban J connectivity index is 1.65. The Morgan fingerprint density at radius 2 is 1.76 bits per heavy atom. The molecule has 2 amide bonds. The fraction of sp³-hybridized carbons (Fsp3) is 0.231. The van der Waals surface area contributed by atoms with Crippen LogP contribution in [0.15, 0.2) is 78.9 Å². The summed E-state index contributed by atoms with van der Waals surface area (Å²) in [5.74, 6) is -0.238. The summed E-state index contributed by atoms with van der Waals surface area (Å²) in [5.41, 5.74) is 1.45. The van der Waals surface area contributed by atoms with Crippen molar-refractivity contribution in [2.24, 2.45) is 0 Å². The Kier molecular flexibility index (Phi) is 6.58. The second-order valence-electron chi connectivity index (χ2n) is 8.36. The van der Waals surface area contributed by atoms with E-state index in [4.69, 9.17) is 4.74 Å². The quantitative estimate of drug-likeness (QED) is 0.419.